The van der Waals surface area contributed by atoms with Gasteiger partial charge in [0, 0.05) is 18.0 Å². The molecule has 4 heteroatoms. The van der Waals surface area contributed by atoms with Crippen LogP contribution in [0.25, 0.3) is 0 Å². The number of halogens is 1. The molecule has 1 aromatic heterocycles. The zero-order chi connectivity index (χ0) is 10.7. The molecule has 0 spiro atoms. The number of aryl methyl sites for hydroxylation is 1. The van der Waals surface area contributed by atoms with Gasteiger partial charge in [0.05, 0.1) is 12.0 Å². The van der Waals surface area contributed by atoms with E-state index in [1.165, 1.54) is 0 Å². The summed E-state index contributed by atoms with van der Waals surface area (Å²) in [6.45, 7) is 0.561. The summed E-state index contributed by atoms with van der Waals surface area (Å²) >= 11 is 5.51. The highest BCUT2D eigenvalue weighted by atomic mass is 35.5. The standard InChI is InChI=1S/C11H13ClN2O/c12-6-1-2-7-14-8-13-10-5-3-4-9(10)11(14)15/h1-2,8H,3-7H2/b2-1+. The van der Waals surface area contributed by atoms with Gasteiger partial charge in [-0.25, -0.2) is 4.98 Å². The van der Waals surface area contributed by atoms with Crippen molar-refractivity contribution in [1.29, 1.82) is 0 Å². The Balaban J connectivity index is 2.27. The van der Waals surface area contributed by atoms with Crippen molar-refractivity contribution in [1.82, 2.24) is 9.55 Å². The summed E-state index contributed by atoms with van der Waals surface area (Å²) in [4.78, 5) is 16.2. The summed E-state index contributed by atoms with van der Waals surface area (Å²) in [7, 11) is 0. The predicted molar refractivity (Wildman–Crippen MR) is 60.4 cm³/mol. The average molecular weight is 225 g/mol. The maximum atomic E-state index is 11.9. The number of allylic oxidation sites excluding steroid dienone is 2. The second-order valence-electron chi connectivity index (χ2n) is 3.61. The molecule has 0 radical (unpaired) electrons. The average Bonchev–Trinajstić information content (AvgIpc) is 2.70. The smallest absolute Gasteiger partial charge is 0.257 e. The van der Waals surface area contributed by atoms with Crippen molar-refractivity contribution < 1.29 is 0 Å². The summed E-state index contributed by atoms with van der Waals surface area (Å²) in [5, 5.41) is 0. The van der Waals surface area contributed by atoms with Crippen LogP contribution in [-0.4, -0.2) is 15.4 Å². The number of aromatic nitrogens is 2. The molecule has 0 aliphatic heterocycles. The van der Waals surface area contributed by atoms with Gasteiger partial charge in [0.1, 0.15) is 0 Å². The van der Waals surface area contributed by atoms with E-state index < -0.39 is 0 Å². The van der Waals surface area contributed by atoms with Gasteiger partial charge in [0.15, 0.2) is 0 Å². The molecule has 0 aromatic carbocycles. The molecule has 0 atom stereocenters. The van der Waals surface area contributed by atoms with Gasteiger partial charge in [0.25, 0.3) is 5.56 Å². The zero-order valence-corrected chi connectivity index (χ0v) is 9.20. The van der Waals surface area contributed by atoms with Gasteiger partial charge in [-0.15, -0.1) is 11.6 Å². The summed E-state index contributed by atoms with van der Waals surface area (Å²) in [5.74, 6) is 0.479. The Labute approximate surface area is 93.4 Å². The van der Waals surface area contributed by atoms with Crippen molar-refractivity contribution >= 4 is 11.6 Å². The Morgan fingerprint density at radius 2 is 2.33 bits per heavy atom. The maximum Gasteiger partial charge on any atom is 0.257 e. The first-order chi connectivity index (χ1) is 7.33. The fourth-order valence-corrected chi connectivity index (χ4v) is 1.97. The van der Waals surface area contributed by atoms with Gasteiger partial charge in [-0.2, -0.15) is 0 Å². The van der Waals surface area contributed by atoms with Crippen molar-refractivity contribution in [3.63, 3.8) is 0 Å². The van der Waals surface area contributed by atoms with Gasteiger partial charge in [-0.05, 0) is 19.3 Å². The molecule has 0 saturated heterocycles. The molecule has 0 fully saturated rings. The van der Waals surface area contributed by atoms with E-state index >= 15 is 0 Å². The number of hydrogen-bond acceptors (Lipinski definition) is 2. The third-order valence-corrected chi connectivity index (χ3v) is 2.80. The number of nitrogens with zero attached hydrogens (tertiary/aromatic N) is 2. The van der Waals surface area contributed by atoms with E-state index in [2.05, 4.69) is 4.98 Å². The SMILES string of the molecule is O=c1c2c(ncn1C/C=C/CCl)CCC2. The molecule has 0 amide bonds. The van der Waals surface area contributed by atoms with Crippen molar-refractivity contribution in [3.05, 3.63) is 40.1 Å². The van der Waals surface area contributed by atoms with E-state index in [4.69, 9.17) is 11.6 Å². The first-order valence-corrected chi connectivity index (χ1v) is 5.64. The highest BCUT2D eigenvalue weighted by molar-refractivity contribution is 6.18. The van der Waals surface area contributed by atoms with Crippen LogP contribution in [-0.2, 0) is 19.4 Å². The van der Waals surface area contributed by atoms with E-state index in [1.54, 1.807) is 10.9 Å². The van der Waals surface area contributed by atoms with E-state index in [1.807, 2.05) is 12.2 Å². The van der Waals surface area contributed by atoms with Crippen LogP contribution in [0.15, 0.2) is 23.3 Å². The minimum Gasteiger partial charge on any atom is -0.295 e. The van der Waals surface area contributed by atoms with Crippen molar-refractivity contribution in [2.75, 3.05) is 5.88 Å². The van der Waals surface area contributed by atoms with Gasteiger partial charge in [0.2, 0.25) is 0 Å². The Morgan fingerprint density at radius 1 is 1.47 bits per heavy atom. The molecule has 0 unspecified atom stereocenters. The fourth-order valence-electron chi connectivity index (χ4n) is 1.85. The van der Waals surface area contributed by atoms with Crippen LogP contribution < -0.4 is 5.56 Å². The van der Waals surface area contributed by atoms with Gasteiger partial charge >= 0.3 is 0 Å². The topological polar surface area (TPSA) is 34.9 Å². The minimum atomic E-state index is 0.108. The molecule has 0 bridgehead atoms. The van der Waals surface area contributed by atoms with Crippen LogP contribution in [0.1, 0.15) is 17.7 Å². The molecule has 1 aliphatic carbocycles. The highest BCUT2D eigenvalue weighted by Gasteiger charge is 2.16. The van der Waals surface area contributed by atoms with Crippen LogP contribution in [0.5, 0.6) is 0 Å². The molecule has 15 heavy (non-hydrogen) atoms. The summed E-state index contributed by atoms with van der Waals surface area (Å²) in [6, 6.07) is 0. The molecule has 2 rings (SSSR count). The van der Waals surface area contributed by atoms with Crippen LogP contribution in [0.2, 0.25) is 0 Å². The maximum absolute atomic E-state index is 11.9. The lowest BCUT2D eigenvalue weighted by atomic mass is 10.2. The van der Waals surface area contributed by atoms with Gasteiger partial charge < -0.3 is 0 Å². The van der Waals surface area contributed by atoms with Gasteiger partial charge in [-0.1, -0.05) is 12.2 Å². The number of alkyl halides is 1. The second kappa shape index (κ2) is 4.62. The summed E-state index contributed by atoms with van der Waals surface area (Å²) in [6.07, 6.45) is 8.23. The lowest BCUT2D eigenvalue weighted by Gasteiger charge is -2.03. The molecule has 1 heterocycles. The second-order valence-corrected chi connectivity index (χ2v) is 3.92. The Bertz CT molecular complexity index is 437. The molecule has 1 aromatic rings. The lowest BCUT2D eigenvalue weighted by molar-refractivity contribution is 0.736. The molecule has 3 nitrogen and oxygen atoms in total. The Morgan fingerprint density at radius 3 is 3.13 bits per heavy atom. The number of hydrogen-bond donors (Lipinski definition) is 0. The van der Waals surface area contributed by atoms with E-state index in [9.17, 15) is 4.79 Å². The number of fused-ring (bicyclic) bond motifs is 1. The van der Waals surface area contributed by atoms with Gasteiger partial charge in [-0.3, -0.25) is 9.36 Å². The van der Waals surface area contributed by atoms with Crippen LogP contribution in [0, 0.1) is 0 Å². The predicted octanol–water partition coefficient (Wildman–Crippen LogP) is 1.53. The summed E-state index contributed by atoms with van der Waals surface area (Å²) in [5.41, 5.74) is 1.99. The molecule has 0 saturated carbocycles. The fraction of sp³-hybridized carbons (Fsp3) is 0.455. The van der Waals surface area contributed by atoms with Crippen molar-refractivity contribution in [2.24, 2.45) is 0 Å². The quantitative estimate of drug-likeness (QED) is 0.577. The van der Waals surface area contributed by atoms with E-state index in [0.717, 1.165) is 30.5 Å². The van der Waals surface area contributed by atoms with Crippen molar-refractivity contribution in [3.8, 4) is 0 Å². The molecule has 1 aliphatic rings. The van der Waals surface area contributed by atoms with Crippen LogP contribution in [0.4, 0.5) is 0 Å². The van der Waals surface area contributed by atoms with E-state index in [-0.39, 0.29) is 5.56 Å². The van der Waals surface area contributed by atoms with Crippen LogP contribution in [0.3, 0.4) is 0 Å². The van der Waals surface area contributed by atoms with Crippen LogP contribution >= 0.6 is 11.6 Å². The first kappa shape index (κ1) is 10.4. The molecule has 0 N–H and O–H groups in total. The monoisotopic (exact) mass is 224 g/mol. The highest BCUT2D eigenvalue weighted by Crippen LogP contribution is 2.14. The molecule has 80 valence electrons. The third-order valence-electron chi connectivity index (χ3n) is 2.62. The largest absolute Gasteiger partial charge is 0.295 e. The normalized spacial score (nSPS) is 14.7. The summed E-state index contributed by atoms with van der Waals surface area (Å²) < 4.78 is 1.63. The Hall–Kier alpha value is -1.09. The molecular weight excluding hydrogens is 212 g/mol. The van der Waals surface area contributed by atoms with Crippen molar-refractivity contribution in [2.45, 2.75) is 25.8 Å². The molecular formula is C11H13ClN2O. The van der Waals surface area contributed by atoms with E-state index in [0.29, 0.717) is 12.4 Å². The lowest BCUT2D eigenvalue weighted by Crippen LogP contribution is -2.23. The number of rotatable bonds is 3. The first-order valence-electron chi connectivity index (χ1n) is 5.11. The zero-order valence-electron chi connectivity index (χ0n) is 8.45. The third kappa shape index (κ3) is 2.12. The minimum absolute atomic E-state index is 0.108. The Kier molecular flexibility index (Phi) is 3.21.